The first-order valence-corrected chi connectivity index (χ1v) is 7.98. The quantitative estimate of drug-likeness (QED) is 0.546. The number of rotatable bonds is 5. The number of aryl methyl sites for hydroxylation is 1. The molecule has 0 saturated carbocycles. The van der Waals surface area contributed by atoms with E-state index >= 15 is 0 Å². The number of aromatic nitrogens is 7. The van der Waals surface area contributed by atoms with E-state index in [-0.39, 0.29) is 5.69 Å². The van der Waals surface area contributed by atoms with Gasteiger partial charge in [-0.25, -0.2) is 19.3 Å². The predicted molar refractivity (Wildman–Crippen MR) is 90.8 cm³/mol. The Kier molecular flexibility index (Phi) is 4.13. The van der Waals surface area contributed by atoms with Crippen molar-refractivity contribution in [3.8, 4) is 11.5 Å². The Labute approximate surface area is 148 Å². The van der Waals surface area contributed by atoms with Crippen LogP contribution in [0.15, 0.2) is 37.1 Å². The van der Waals surface area contributed by atoms with E-state index in [0.717, 1.165) is 17.1 Å². The van der Waals surface area contributed by atoms with Gasteiger partial charge in [0.05, 0.1) is 18.8 Å². The molecule has 0 fully saturated rings. The number of hydrogen-bond acceptors (Lipinski definition) is 6. The molecule has 4 aromatic heterocycles. The van der Waals surface area contributed by atoms with E-state index in [1.54, 1.807) is 36.5 Å². The first kappa shape index (κ1) is 16.3. The molecular formula is C17H16FN7O. The molecule has 132 valence electrons. The summed E-state index contributed by atoms with van der Waals surface area (Å²) in [6, 6.07) is 2.91. The lowest BCUT2D eigenvalue weighted by Gasteiger charge is -2.12. The van der Waals surface area contributed by atoms with Gasteiger partial charge in [0.1, 0.15) is 17.8 Å². The fourth-order valence-electron chi connectivity index (χ4n) is 2.84. The highest BCUT2D eigenvalue weighted by atomic mass is 19.1. The summed E-state index contributed by atoms with van der Waals surface area (Å²) >= 11 is 0. The molecular weight excluding hydrogens is 337 g/mol. The molecule has 0 amide bonds. The Balaban J connectivity index is 1.78. The molecule has 0 N–H and O–H groups in total. The van der Waals surface area contributed by atoms with E-state index < -0.39 is 5.82 Å². The van der Waals surface area contributed by atoms with Gasteiger partial charge in [0.25, 0.3) is 0 Å². The lowest BCUT2D eigenvalue weighted by Crippen LogP contribution is -2.10. The smallest absolute Gasteiger partial charge is 0.169 e. The zero-order valence-electron chi connectivity index (χ0n) is 14.3. The zero-order valence-corrected chi connectivity index (χ0v) is 14.3. The number of ether oxygens (including phenoxy) is 1. The van der Waals surface area contributed by atoms with Crippen molar-refractivity contribution in [3.05, 3.63) is 59.9 Å². The van der Waals surface area contributed by atoms with Crippen LogP contribution in [0, 0.1) is 12.7 Å². The van der Waals surface area contributed by atoms with Crippen molar-refractivity contribution in [3.63, 3.8) is 0 Å². The Morgan fingerprint density at radius 3 is 2.85 bits per heavy atom. The van der Waals surface area contributed by atoms with Gasteiger partial charge < -0.3 is 9.30 Å². The molecule has 0 aliphatic rings. The van der Waals surface area contributed by atoms with Crippen LogP contribution in [0.5, 0.6) is 0 Å². The number of methoxy groups -OCH3 is 1. The summed E-state index contributed by atoms with van der Waals surface area (Å²) in [5.74, 6) is 0.759. The van der Waals surface area contributed by atoms with E-state index in [0.29, 0.717) is 24.6 Å². The molecule has 0 unspecified atom stereocenters. The zero-order chi connectivity index (χ0) is 18.1. The molecule has 4 aromatic rings. The van der Waals surface area contributed by atoms with Gasteiger partial charge in [-0.2, -0.15) is 0 Å². The van der Waals surface area contributed by atoms with Crippen LogP contribution in [0.4, 0.5) is 4.39 Å². The maximum absolute atomic E-state index is 14.1. The van der Waals surface area contributed by atoms with Crippen molar-refractivity contribution < 1.29 is 9.13 Å². The average Bonchev–Trinajstić information content (AvgIpc) is 3.25. The number of hydrogen-bond donors (Lipinski definition) is 0. The molecule has 0 bridgehead atoms. The summed E-state index contributed by atoms with van der Waals surface area (Å²) in [7, 11) is 1.61. The minimum absolute atomic E-state index is 0.199. The Hall–Kier alpha value is -3.20. The molecule has 26 heavy (non-hydrogen) atoms. The molecule has 0 spiro atoms. The summed E-state index contributed by atoms with van der Waals surface area (Å²) in [4.78, 5) is 12.9. The molecule has 0 aliphatic carbocycles. The highest BCUT2D eigenvalue weighted by molar-refractivity contribution is 5.52. The average molecular weight is 353 g/mol. The third-order valence-corrected chi connectivity index (χ3v) is 4.11. The van der Waals surface area contributed by atoms with Gasteiger partial charge >= 0.3 is 0 Å². The minimum Gasteiger partial charge on any atom is -0.380 e. The van der Waals surface area contributed by atoms with Crippen LogP contribution in [-0.2, 0) is 17.9 Å². The van der Waals surface area contributed by atoms with Crippen molar-refractivity contribution in [1.29, 1.82) is 0 Å². The van der Waals surface area contributed by atoms with E-state index in [9.17, 15) is 4.39 Å². The molecule has 9 heteroatoms. The fraction of sp³-hybridized carbons (Fsp3) is 0.235. The third kappa shape index (κ3) is 2.72. The van der Waals surface area contributed by atoms with Gasteiger partial charge in [-0.1, -0.05) is 0 Å². The van der Waals surface area contributed by atoms with Crippen LogP contribution in [0.1, 0.15) is 17.1 Å². The minimum atomic E-state index is -0.423. The van der Waals surface area contributed by atoms with Crippen LogP contribution in [-0.4, -0.2) is 41.2 Å². The molecule has 0 aliphatic heterocycles. The number of halogens is 1. The van der Waals surface area contributed by atoms with Crippen molar-refractivity contribution >= 4 is 5.65 Å². The summed E-state index contributed by atoms with van der Waals surface area (Å²) in [6.07, 6.45) is 6.59. The number of fused-ring (bicyclic) bond motifs is 1. The van der Waals surface area contributed by atoms with Gasteiger partial charge in [-0.3, -0.25) is 4.40 Å². The van der Waals surface area contributed by atoms with Crippen LogP contribution >= 0.6 is 0 Å². The molecule has 0 saturated heterocycles. The highest BCUT2D eigenvalue weighted by Gasteiger charge is 2.17. The summed E-state index contributed by atoms with van der Waals surface area (Å²) in [6.45, 7) is 2.58. The Morgan fingerprint density at radius 1 is 1.15 bits per heavy atom. The molecule has 4 rings (SSSR count). The maximum atomic E-state index is 14.1. The van der Waals surface area contributed by atoms with E-state index in [1.165, 1.54) is 12.3 Å². The van der Waals surface area contributed by atoms with Crippen molar-refractivity contribution in [2.45, 2.75) is 20.1 Å². The number of imidazole rings is 1. The third-order valence-electron chi connectivity index (χ3n) is 4.11. The van der Waals surface area contributed by atoms with Gasteiger partial charge in [-0.15, -0.1) is 10.2 Å². The monoisotopic (exact) mass is 353 g/mol. The predicted octanol–water partition coefficient (Wildman–Crippen LogP) is 2.03. The van der Waals surface area contributed by atoms with Crippen LogP contribution < -0.4 is 0 Å². The molecule has 0 radical (unpaired) electrons. The standard InChI is InChI=1S/C17H16FN7O/c1-11-22-23-16-12(9-26-2)14(21-10-25(11)16)8-24-7-6-20-17(24)15-13(18)4-3-5-19-15/h3-7,10H,8-9H2,1-2H3. The van der Waals surface area contributed by atoms with Crippen LogP contribution in [0.2, 0.25) is 0 Å². The number of nitrogens with zero attached hydrogens (tertiary/aromatic N) is 7. The first-order chi connectivity index (χ1) is 12.7. The largest absolute Gasteiger partial charge is 0.380 e. The second kappa shape index (κ2) is 6.60. The van der Waals surface area contributed by atoms with Crippen molar-refractivity contribution in [2.24, 2.45) is 0 Å². The van der Waals surface area contributed by atoms with Crippen molar-refractivity contribution in [1.82, 2.24) is 34.1 Å². The van der Waals surface area contributed by atoms with E-state index in [1.807, 2.05) is 11.3 Å². The molecule has 0 atom stereocenters. The SMILES string of the molecule is COCc1c(Cn2ccnc2-c2ncccc2F)ncn2c(C)nnc12. The van der Waals surface area contributed by atoms with Gasteiger partial charge in [0, 0.05) is 31.3 Å². The van der Waals surface area contributed by atoms with E-state index in [4.69, 9.17) is 4.74 Å². The lowest BCUT2D eigenvalue weighted by molar-refractivity contribution is 0.184. The van der Waals surface area contributed by atoms with Crippen molar-refractivity contribution in [2.75, 3.05) is 7.11 Å². The van der Waals surface area contributed by atoms with Gasteiger partial charge in [-0.05, 0) is 19.1 Å². The summed E-state index contributed by atoms with van der Waals surface area (Å²) in [5.41, 5.74) is 2.48. The number of pyridine rings is 1. The fourth-order valence-corrected chi connectivity index (χ4v) is 2.84. The second-order valence-corrected chi connectivity index (χ2v) is 5.76. The Morgan fingerprint density at radius 2 is 2.04 bits per heavy atom. The van der Waals surface area contributed by atoms with Gasteiger partial charge in [0.2, 0.25) is 0 Å². The highest BCUT2D eigenvalue weighted by Crippen LogP contribution is 2.21. The molecule has 8 nitrogen and oxygen atoms in total. The van der Waals surface area contributed by atoms with E-state index in [2.05, 4.69) is 25.1 Å². The van der Waals surface area contributed by atoms with Crippen LogP contribution in [0.3, 0.4) is 0 Å². The lowest BCUT2D eigenvalue weighted by atomic mass is 10.2. The first-order valence-electron chi connectivity index (χ1n) is 7.98. The van der Waals surface area contributed by atoms with Crippen LogP contribution in [0.25, 0.3) is 17.2 Å². The Bertz CT molecular complexity index is 1070. The topological polar surface area (TPSA) is 83.0 Å². The normalized spacial score (nSPS) is 11.3. The summed E-state index contributed by atoms with van der Waals surface area (Å²) < 4.78 is 23.0. The molecule has 4 heterocycles. The summed E-state index contributed by atoms with van der Waals surface area (Å²) in [5, 5.41) is 8.31. The maximum Gasteiger partial charge on any atom is 0.169 e. The van der Waals surface area contributed by atoms with Gasteiger partial charge in [0.15, 0.2) is 17.3 Å². The second-order valence-electron chi connectivity index (χ2n) is 5.76. The molecule has 0 aromatic carbocycles.